The standard InChI is InChI=1S/C22H28N2O3S/c1-17-10-11-20(14-18(17)2)23-16-22(25)19-8-7-9-21(15-19)28(26,27)24-12-5-3-4-6-13-24/h7-11,14-15,23H,3-6,12-13,16H2,1-2H3. The summed E-state index contributed by atoms with van der Waals surface area (Å²) in [7, 11) is -3.56. The van der Waals surface area contributed by atoms with Gasteiger partial charge >= 0.3 is 0 Å². The van der Waals surface area contributed by atoms with E-state index in [2.05, 4.69) is 5.32 Å². The number of nitrogens with zero attached hydrogens (tertiary/aromatic N) is 1. The quantitative estimate of drug-likeness (QED) is 0.740. The van der Waals surface area contributed by atoms with Gasteiger partial charge in [-0.05, 0) is 62.1 Å². The van der Waals surface area contributed by atoms with Crippen molar-refractivity contribution in [1.29, 1.82) is 0 Å². The lowest BCUT2D eigenvalue weighted by molar-refractivity contribution is 0.101. The van der Waals surface area contributed by atoms with Crippen LogP contribution in [0.2, 0.25) is 0 Å². The molecule has 3 rings (SSSR count). The summed E-state index contributed by atoms with van der Waals surface area (Å²) >= 11 is 0. The molecule has 0 amide bonds. The first-order valence-electron chi connectivity index (χ1n) is 9.82. The normalized spacial score (nSPS) is 15.8. The monoisotopic (exact) mass is 400 g/mol. The number of hydrogen-bond donors (Lipinski definition) is 1. The Kier molecular flexibility index (Phi) is 6.52. The minimum absolute atomic E-state index is 0.121. The van der Waals surface area contributed by atoms with Gasteiger partial charge in [-0.2, -0.15) is 4.31 Å². The molecule has 1 saturated heterocycles. The van der Waals surface area contributed by atoms with E-state index in [0.717, 1.165) is 36.9 Å². The second-order valence-corrected chi connectivity index (χ2v) is 9.36. The topological polar surface area (TPSA) is 66.5 Å². The predicted octanol–water partition coefficient (Wildman–Crippen LogP) is 4.16. The molecule has 0 aliphatic carbocycles. The van der Waals surface area contributed by atoms with Crippen molar-refractivity contribution in [1.82, 2.24) is 4.31 Å². The van der Waals surface area contributed by atoms with Gasteiger partial charge in [-0.3, -0.25) is 4.79 Å². The first-order chi connectivity index (χ1) is 13.4. The van der Waals surface area contributed by atoms with Gasteiger partial charge in [0.2, 0.25) is 10.0 Å². The number of aryl methyl sites for hydroxylation is 2. The van der Waals surface area contributed by atoms with Crippen LogP contribution in [-0.4, -0.2) is 38.1 Å². The Bertz CT molecular complexity index is 946. The van der Waals surface area contributed by atoms with E-state index >= 15 is 0 Å². The summed E-state index contributed by atoms with van der Waals surface area (Å²) in [5, 5.41) is 3.13. The number of anilines is 1. The Morgan fingerprint density at radius 1 is 0.964 bits per heavy atom. The summed E-state index contributed by atoms with van der Waals surface area (Å²) in [5.41, 5.74) is 3.64. The molecule has 5 nitrogen and oxygen atoms in total. The Labute approximate surface area is 167 Å². The van der Waals surface area contributed by atoms with Crippen LogP contribution in [0.1, 0.15) is 47.2 Å². The van der Waals surface area contributed by atoms with Gasteiger partial charge in [-0.15, -0.1) is 0 Å². The fourth-order valence-electron chi connectivity index (χ4n) is 3.40. The lowest BCUT2D eigenvalue weighted by atomic mass is 10.1. The van der Waals surface area contributed by atoms with E-state index in [4.69, 9.17) is 0 Å². The van der Waals surface area contributed by atoms with Crippen LogP contribution in [0.3, 0.4) is 0 Å². The zero-order valence-corrected chi connectivity index (χ0v) is 17.4. The molecule has 2 aromatic carbocycles. The molecule has 0 unspecified atom stereocenters. The molecule has 0 saturated carbocycles. The van der Waals surface area contributed by atoms with Crippen LogP contribution in [0.25, 0.3) is 0 Å². The van der Waals surface area contributed by atoms with E-state index in [-0.39, 0.29) is 17.2 Å². The van der Waals surface area contributed by atoms with Crippen LogP contribution >= 0.6 is 0 Å². The van der Waals surface area contributed by atoms with E-state index in [1.54, 1.807) is 22.5 Å². The van der Waals surface area contributed by atoms with Gasteiger partial charge in [-0.25, -0.2) is 8.42 Å². The fourth-order valence-corrected chi connectivity index (χ4v) is 4.96. The molecule has 1 fully saturated rings. The van der Waals surface area contributed by atoms with Gasteiger partial charge in [0, 0.05) is 24.3 Å². The number of hydrogen-bond acceptors (Lipinski definition) is 4. The third-order valence-corrected chi connectivity index (χ3v) is 7.21. The van der Waals surface area contributed by atoms with Crippen molar-refractivity contribution in [3.05, 3.63) is 59.2 Å². The maximum atomic E-state index is 13.0. The zero-order chi connectivity index (χ0) is 20.1. The minimum atomic E-state index is -3.56. The number of ketones is 1. The molecule has 6 heteroatoms. The molecule has 1 N–H and O–H groups in total. The summed E-state index contributed by atoms with van der Waals surface area (Å²) < 4.78 is 27.5. The van der Waals surface area contributed by atoms with Crippen molar-refractivity contribution in [2.75, 3.05) is 25.0 Å². The Morgan fingerprint density at radius 3 is 2.36 bits per heavy atom. The molecule has 28 heavy (non-hydrogen) atoms. The van der Waals surface area contributed by atoms with Gasteiger partial charge in [0.25, 0.3) is 0 Å². The molecule has 0 aromatic heterocycles. The summed E-state index contributed by atoms with van der Waals surface area (Å²) in [6.07, 6.45) is 3.90. The molecule has 0 bridgehead atoms. The first-order valence-corrected chi connectivity index (χ1v) is 11.3. The van der Waals surface area contributed by atoms with E-state index < -0.39 is 10.0 Å². The first kappa shape index (κ1) is 20.6. The average Bonchev–Trinajstić information content (AvgIpc) is 2.99. The molecule has 1 aliphatic heterocycles. The maximum Gasteiger partial charge on any atom is 0.243 e. The third kappa shape index (κ3) is 4.80. The lowest BCUT2D eigenvalue weighted by Crippen LogP contribution is -2.32. The second kappa shape index (κ2) is 8.88. The molecule has 0 atom stereocenters. The summed E-state index contributed by atoms with van der Waals surface area (Å²) in [4.78, 5) is 12.8. The molecular weight excluding hydrogens is 372 g/mol. The molecular formula is C22H28N2O3S. The van der Waals surface area contributed by atoms with E-state index in [1.807, 2.05) is 32.0 Å². The summed E-state index contributed by atoms with van der Waals surface area (Å²) in [5.74, 6) is -0.133. The van der Waals surface area contributed by atoms with Crippen molar-refractivity contribution in [3.8, 4) is 0 Å². The highest BCUT2D eigenvalue weighted by Crippen LogP contribution is 2.21. The smallest absolute Gasteiger partial charge is 0.243 e. The van der Waals surface area contributed by atoms with Crippen molar-refractivity contribution in [2.24, 2.45) is 0 Å². The van der Waals surface area contributed by atoms with Gasteiger partial charge in [0.15, 0.2) is 5.78 Å². The van der Waals surface area contributed by atoms with Gasteiger partial charge in [-0.1, -0.05) is 31.0 Å². The van der Waals surface area contributed by atoms with Gasteiger partial charge in [0.05, 0.1) is 11.4 Å². The zero-order valence-electron chi connectivity index (χ0n) is 16.6. The van der Waals surface area contributed by atoms with Crippen molar-refractivity contribution >= 4 is 21.5 Å². The second-order valence-electron chi connectivity index (χ2n) is 7.42. The Hall–Kier alpha value is -2.18. The lowest BCUT2D eigenvalue weighted by Gasteiger charge is -2.20. The van der Waals surface area contributed by atoms with Crippen LogP contribution in [-0.2, 0) is 10.0 Å². The number of sulfonamides is 1. The van der Waals surface area contributed by atoms with Crippen LogP contribution in [0.5, 0.6) is 0 Å². The summed E-state index contributed by atoms with van der Waals surface area (Å²) in [6.45, 7) is 5.29. The maximum absolute atomic E-state index is 13.0. The number of rotatable bonds is 6. The van der Waals surface area contributed by atoms with E-state index in [9.17, 15) is 13.2 Å². The molecule has 1 heterocycles. The molecule has 150 valence electrons. The highest BCUT2D eigenvalue weighted by atomic mass is 32.2. The molecule has 2 aromatic rings. The van der Waals surface area contributed by atoms with Crippen LogP contribution in [0.15, 0.2) is 47.4 Å². The average molecular weight is 401 g/mol. The largest absolute Gasteiger partial charge is 0.378 e. The number of benzene rings is 2. The van der Waals surface area contributed by atoms with Crippen LogP contribution in [0.4, 0.5) is 5.69 Å². The van der Waals surface area contributed by atoms with Crippen molar-refractivity contribution in [2.45, 2.75) is 44.4 Å². The summed E-state index contributed by atoms with van der Waals surface area (Å²) in [6, 6.07) is 12.4. The Balaban J connectivity index is 1.72. The minimum Gasteiger partial charge on any atom is -0.378 e. The number of Topliss-reactive ketones (excluding diaryl/α,β-unsaturated/α-hetero) is 1. The van der Waals surface area contributed by atoms with Crippen LogP contribution in [0, 0.1) is 13.8 Å². The van der Waals surface area contributed by atoms with Crippen molar-refractivity contribution in [3.63, 3.8) is 0 Å². The van der Waals surface area contributed by atoms with Gasteiger partial charge in [0.1, 0.15) is 0 Å². The SMILES string of the molecule is Cc1ccc(NCC(=O)c2cccc(S(=O)(=O)N3CCCCCC3)c2)cc1C. The van der Waals surface area contributed by atoms with Crippen LogP contribution < -0.4 is 5.32 Å². The highest BCUT2D eigenvalue weighted by Gasteiger charge is 2.25. The third-order valence-electron chi connectivity index (χ3n) is 5.32. The number of carbonyl (C=O) groups is 1. The van der Waals surface area contributed by atoms with Crippen molar-refractivity contribution < 1.29 is 13.2 Å². The number of nitrogens with one attached hydrogen (secondary N) is 1. The molecule has 0 spiro atoms. The Morgan fingerprint density at radius 2 is 1.68 bits per heavy atom. The fraction of sp³-hybridized carbons (Fsp3) is 0.409. The van der Waals surface area contributed by atoms with E-state index in [0.29, 0.717) is 18.7 Å². The molecule has 0 radical (unpaired) electrons. The van der Waals surface area contributed by atoms with Gasteiger partial charge < -0.3 is 5.32 Å². The molecule has 1 aliphatic rings. The number of carbonyl (C=O) groups excluding carboxylic acids is 1. The highest BCUT2D eigenvalue weighted by molar-refractivity contribution is 7.89. The van der Waals surface area contributed by atoms with E-state index in [1.165, 1.54) is 11.6 Å². The predicted molar refractivity (Wildman–Crippen MR) is 112 cm³/mol.